The van der Waals surface area contributed by atoms with E-state index in [4.69, 9.17) is 14.6 Å². The zero-order valence-corrected chi connectivity index (χ0v) is 13.5. The van der Waals surface area contributed by atoms with Crippen LogP contribution < -0.4 is 14.8 Å². The maximum Gasteiger partial charge on any atom is 0.182 e. The molecule has 0 saturated heterocycles. The molecule has 0 unspecified atom stereocenters. The van der Waals surface area contributed by atoms with E-state index in [1.807, 2.05) is 25.1 Å². The van der Waals surface area contributed by atoms with Gasteiger partial charge in [-0.25, -0.2) is 15.0 Å². The number of aliphatic hydroxyl groups is 1. The van der Waals surface area contributed by atoms with E-state index in [2.05, 4.69) is 25.3 Å². The highest BCUT2D eigenvalue weighted by Gasteiger charge is 2.13. The first kappa shape index (κ1) is 16.0. The van der Waals surface area contributed by atoms with Gasteiger partial charge in [-0.2, -0.15) is 0 Å². The number of ether oxygens (including phenoxy) is 2. The number of rotatable bonds is 7. The van der Waals surface area contributed by atoms with Gasteiger partial charge in [0.05, 0.1) is 26.1 Å². The summed E-state index contributed by atoms with van der Waals surface area (Å²) in [5, 5.41) is 12.2. The average Bonchev–Trinajstić information content (AvgIpc) is 3.09. The number of methoxy groups -OCH3 is 1. The molecule has 0 radical (unpaired) electrons. The number of imidazole rings is 1. The lowest BCUT2D eigenvalue weighted by Gasteiger charge is -2.17. The van der Waals surface area contributed by atoms with Gasteiger partial charge in [0, 0.05) is 0 Å². The summed E-state index contributed by atoms with van der Waals surface area (Å²) in [5.41, 5.74) is 2.39. The summed E-state index contributed by atoms with van der Waals surface area (Å²) in [6.45, 7) is 2.20. The van der Waals surface area contributed by atoms with Gasteiger partial charge in [0.1, 0.15) is 18.5 Å². The Kier molecular flexibility index (Phi) is 4.76. The van der Waals surface area contributed by atoms with E-state index in [0.29, 0.717) is 23.0 Å². The van der Waals surface area contributed by atoms with Gasteiger partial charge < -0.3 is 24.9 Å². The third-order valence-corrected chi connectivity index (χ3v) is 3.61. The Morgan fingerprint density at radius 1 is 1.25 bits per heavy atom. The molecule has 0 amide bonds. The van der Waals surface area contributed by atoms with Crippen LogP contribution in [0.4, 0.5) is 5.82 Å². The molecule has 3 N–H and O–H groups in total. The molecular formula is C16H19N5O3. The quantitative estimate of drug-likeness (QED) is 0.608. The topological polar surface area (TPSA) is 105 Å². The van der Waals surface area contributed by atoms with Crippen molar-refractivity contribution >= 4 is 17.0 Å². The molecule has 3 rings (SSSR count). The first-order valence-corrected chi connectivity index (χ1v) is 7.55. The van der Waals surface area contributed by atoms with E-state index in [-0.39, 0.29) is 19.3 Å². The number of nitrogens with one attached hydrogen (secondary N) is 2. The van der Waals surface area contributed by atoms with Crippen LogP contribution in [0.25, 0.3) is 11.2 Å². The number of fused-ring (bicyclic) bond motifs is 1. The molecule has 8 heteroatoms. The van der Waals surface area contributed by atoms with Crippen LogP contribution >= 0.6 is 0 Å². The summed E-state index contributed by atoms with van der Waals surface area (Å²) >= 11 is 0. The van der Waals surface area contributed by atoms with Crippen LogP contribution in [0.1, 0.15) is 18.5 Å². The van der Waals surface area contributed by atoms with E-state index in [1.54, 1.807) is 13.4 Å². The molecule has 0 saturated carbocycles. The zero-order valence-electron chi connectivity index (χ0n) is 13.5. The second kappa shape index (κ2) is 7.14. The maximum absolute atomic E-state index is 8.87. The Hall–Kier alpha value is -2.87. The number of anilines is 1. The molecule has 2 heterocycles. The molecular weight excluding hydrogens is 310 g/mol. The molecule has 0 fully saturated rings. The molecule has 0 aliphatic heterocycles. The lowest BCUT2D eigenvalue weighted by molar-refractivity contribution is 0.196. The molecule has 1 aromatic carbocycles. The Bertz CT molecular complexity index is 820. The second-order valence-corrected chi connectivity index (χ2v) is 5.17. The lowest BCUT2D eigenvalue weighted by Crippen LogP contribution is -2.09. The van der Waals surface area contributed by atoms with E-state index in [1.165, 1.54) is 6.33 Å². The third-order valence-electron chi connectivity index (χ3n) is 3.61. The van der Waals surface area contributed by atoms with E-state index in [0.717, 1.165) is 11.1 Å². The molecule has 1 atom stereocenters. The second-order valence-electron chi connectivity index (χ2n) is 5.17. The predicted octanol–water partition coefficient (Wildman–Crippen LogP) is 1.91. The van der Waals surface area contributed by atoms with Crippen molar-refractivity contribution in [3.8, 4) is 11.5 Å². The van der Waals surface area contributed by atoms with Crippen molar-refractivity contribution in [1.82, 2.24) is 19.9 Å². The van der Waals surface area contributed by atoms with Crippen LogP contribution in [-0.4, -0.2) is 45.4 Å². The fourth-order valence-electron chi connectivity index (χ4n) is 2.39. The van der Waals surface area contributed by atoms with Gasteiger partial charge in [0.15, 0.2) is 23.0 Å². The average molecular weight is 329 g/mol. The smallest absolute Gasteiger partial charge is 0.182 e. The minimum Gasteiger partial charge on any atom is -0.493 e. The Labute approximate surface area is 138 Å². The Morgan fingerprint density at radius 2 is 2.12 bits per heavy atom. The molecule has 0 aliphatic carbocycles. The van der Waals surface area contributed by atoms with Crippen LogP contribution in [0.15, 0.2) is 30.9 Å². The van der Waals surface area contributed by atoms with Crippen molar-refractivity contribution < 1.29 is 14.6 Å². The van der Waals surface area contributed by atoms with Gasteiger partial charge >= 0.3 is 0 Å². The zero-order chi connectivity index (χ0) is 16.9. The summed E-state index contributed by atoms with van der Waals surface area (Å²) in [7, 11) is 1.58. The Balaban J connectivity index is 1.82. The summed E-state index contributed by atoms with van der Waals surface area (Å²) in [6.07, 6.45) is 3.07. The fourth-order valence-corrected chi connectivity index (χ4v) is 2.39. The van der Waals surface area contributed by atoms with Crippen molar-refractivity contribution in [3.05, 3.63) is 36.4 Å². The van der Waals surface area contributed by atoms with Crippen molar-refractivity contribution in [1.29, 1.82) is 0 Å². The highest BCUT2D eigenvalue weighted by molar-refractivity contribution is 5.82. The molecule has 3 aromatic rings. The largest absolute Gasteiger partial charge is 0.493 e. The van der Waals surface area contributed by atoms with E-state index < -0.39 is 0 Å². The normalized spacial score (nSPS) is 12.1. The van der Waals surface area contributed by atoms with Crippen LogP contribution in [0.2, 0.25) is 0 Å². The number of benzene rings is 1. The van der Waals surface area contributed by atoms with Crippen LogP contribution in [0.5, 0.6) is 11.5 Å². The van der Waals surface area contributed by atoms with Crippen molar-refractivity contribution in [2.24, 2.45) is 0 Å². The SMILES string of the molecule is COc1cc([C@H](C)Nc2ncnc3nc[nH]c23)ccc1OCCO. The minimum absolute atomic E-state index is 0.0211. The van der Waals surface area contributed by atoms with Crippen LogP contribution in [-0.2, 0) is 0 Å². The molecule has 0 bridgehead atoms. The van der Waals surface area contributed by atoms with Crippen molar-refractivity contribution in [2.75, 3.05) is 25.6 Å². The van der Waals surface area contributed by atoms with Crippen molar-refractivity contribution in [2.45, 2.75) is 13.0 Å². The number of aliphatic hydroxyl groups excluding tert-OH is 1. The fraction of sp³-hybridized carbons (Fsp3) is 0.312. The van der Waals surface area contributed by atoms with Gasteiger partial charge in [0.2, 0.25) is 0 Å². The van der Waals surface area contributed by atoms with Gasteiger partial charge in [-0.3, -0.25) is 0 Å². The Morgan fingerprint density at radius 3 is 2.92 bits per heavy atom. The molecule has 2 aromatic heterocycles. The number of hydrogen-bond acceptors (Lipinski definition) is 7. The highest BCUT2D eigenvalue weighted by Crippen LogP contribution is 2.31. The van der Waals surface area contributed by atoms with E-state index in [9.17, 15) is 0 Å². The highest BCUT2D eigenvalue weighted by atomic mass is 16.5. The number of H-pyrrole nitrogens is 1. The monoisotopic (exact) mass is 329 g/mol. The summed E-state index contributed by atoms with van der Waals surface area (Å²) < 4.78 is 10.8. The van der Waals surface area contributed by atoms with Gasteiger partial charge in [-0.05, 0) is 24.6 Å². The van der Waals surface area contributed by atoms with Crippen molar-refractivity contribution in [3.63, 3.8) is 0 Å². The number of hydrogen-bond donors (Lipinski definition) is 3. The first-order chi connectivity index (χ1) is 11.7. The summed E-state index contributed by atoms with van der Waals surface area (Å²) in [4.78, 5) is 15.5. The first-order valence-electron chi connectivity index (χ1n) is 7.55. The summed E-state index contributed by atoms with van der Waals surface area (Å²) in [6, 6.07) is 5.65. The molecule has 0 aliphatic rings. The van der Waals surface area contributed by atoms with Crippen LogP contribution in [0.3, 0.4) is 0 Å². The predicted molar refractivity (Wildman–Crippen MR) is 89.3 cm³/mol. The summed E-state index contributed by atoms with van der Waals surface area (Å²) in [5.74, 6) is 1.90. The van der Waals surface area contributed by atoms with Gasteiger partial charge in [-0.1, -0.05) is 6.07 Å². The molecule has 24 heavy (non-hydrogen) atoms. The number of aromatic nitrogens is 4. The maximum atomic E-state index is 8.87. The lowest BCUT2D eigenvalue weighted by atomic mass is 10.1. The van der Waals surface area contributed by atoms with Crippen LogP contribution in [0, 0.1) is 0 Å². The van der Waals surface area contributed by atoms with Gasteiger partial charge in [0.25, 0.3) is 0 Å². The molecule has 126 valence electrons. The number of nitrogens with zero attached hydrogens (tertiary/aromatic N) is 3. The standard InChI is InChI=1S/C16H19N5O3/c1-10(21-16-14-15(18-8-17-14)19-9-20-16)11-3-4-12(24-6-5-22)13(7-11)23-2/h3-4,7-10,22H,5-6H2,1-2H3,(H2,17,18,19,20,21)/t10-/m0/s1. The third kappa shape index (κ3) is 3.23. The van der Waals surface area contributed by atoms with E-state index >= 15 is 0 Å². The number of aromatic amines is 1. The molecule has 0 spiro atoms. The molecule has 8 nitrogen and oxygen atoms in total. The minimum atomic E-state index is -0.0449. The van der Waals surface area contributed by atoms with Gasteiger partial charge in [-0.15, -0.1) is 0 Å².